The van der Waals surface area contributed by atoms with E-state index in [0.717, 1.165) is 0 Å². The van der Waals surface area contributed by atoms with Crippen LogP contribution in [-0.2, 0) is 38.0 Å². The van der Waals surface area contributed by atoms with Crippen LogP contribution in [-0.4, -0.2) is 91.6 Å². The zero-order chi connectivity index (χ0) is 20.2. The predicted molar refractivity (Wildman–Crippen MR) is 98.5 cm³/mol. The summed E-state index contributed by atoms with van der Waals surface area (Å²) in [6, 6.07) is -0.310. The molecule has 1 atom stereocenters. The number of hydrogen-bond acceptors (Lipinski definition) is 9. The fourth-order valence-corrected chi connectivity index (χ4v) is 1.58. The summed E-state index contributed by atoms with van der Waals surface area (Å²) in [4.78, 5) is 22.2. The van der Waals surface area contributed by atoms with E-state index >= 15 is 0 Å². The van der Waals surface area contributed by atoms with Crippen LogP contribution in [0.1, 0.15) is 13.3 Å². The Bertz CT molecular complexity index is 403. The number of esters is 2. The van der Waals surface area contributed by atoms with Gasteiger partial charge in [-0.3, -0.25) is 9.59 Å². The Morgan fingerprint density at radius 3 is 1.93 bits per heavy atom. The molecule has 0 amide bonds. The van der Waals surface area contributed by atoms with Gasteiger partial charge in [-0.1, -0.05) is 6.08 Å². The Balaban J connectivity index is 3.22. The lowest BCUT2D eigenvalue weighted by Crippen LogP contribution is -2.32. The molecular formula is C18H33NO8. The average molecular weight is 391 g/mol. The first-order valence-electron chi connectivity index (χ1n) is 8.98. The van der Waals surface area contributed by atoms with Gasteiger partial charge < -0.3 is 33.7 Å². The third-order valence-electron chi connectivity index (χ3n) is 3.28. The quantitative estimate of drug-likeness (QED) is 0.201. The van der Waals surface area contributed by atoms with Crippen LogP contribution >= 0.6 is 0 Å². The minimum atomic E-state index is -0.310. The van der Waals surface area contributed by atoms with Gasteiger partial charge in [0.1, 0.15) is 12.6 Å². The fraction of sp³-hybridized carbons (Fsp3) is 0.778. The number of rotatable bonds is 18. The number of carbonyl (C=O) groups excluding carboxylic acids is 2. The lowest BCUT2D eigenvalue weighted by molar-refractivity contribution is -0.144. The zero-order valence-electron chi connectivity index (χ0n) is 16.6. The van der Waals surface area contributed by atoms with Gasteiger partial charge in [-0.25, -0.2) is 0 Å². The van der Waals surface area contributed by atoms with Crippen LogP contribution in [0.3, 0.4) is 0 Å². The average Bonchev–Trinajstić information content (AvgIpc) is 2.69. The minimum Gasteiger partial charge on any atom is -0.469 e. The van der Waals surface area contributed by atoms with E-state index in [4.69, 9.17) is 23.7 Å². The van der Waals surface area contributed by atoms with E-state index in [-0.39, 0.29) is 31.0 Å². The molecule has 0 saturated heterocycles. The molecule has 0 radical (unpaired) electrons. The van der Waals surface area contributed by atoms with Gasteiger partial charge in [0.25, 0.3) is 0 Å². The highest BCUT2D eigenvalue weighted by Gasteiger charge is 2.09. The topological polar surface area (TPSA) is 102 Å². The molecule has 0 fully saturated rings. The SMILES string of the molecule is CNC(C)C(=O)OC/C=C/COCCOCCOCCOCCC(=O)OC. The van der Waals surface area contributed by atoms with Gasteiger partial charge in [0.2, 0.25) is 0 Å². The van der Waals surface area contributed by atoms with Crippen molar-refractivity contribution in [1.82, 2.24) is 5.32 Å². The van der Waals surface area contributed by atoms with Crippen LogP contribution in [0.25, 0.3) is 0 Å². The van der Waals surface area contributed by atoms with Crippen molar-refractivity contribution in [3.8, 4) is 0 Å². The first-order chi connectivity index (χ1) is 13.1. The second-order valence-electron chi connectivity index (χ2n) is 5.35. The largest absolute Gasteiger partial charge is 0.469 e. The van der Waals surface area contributed by atoms with Crippen molar-refractivity contribution in [2.45, 2.75) is 19.4 Å². The van der Waals surface area contributed by atoms with Crippen molar-refractivity contribution in [2.24, 2.45) is 0 Å². The van der Waals surface area contributed by atoms with Gasteiger partial charge in [-0.05, 0) is 20.0 Å². The number of nitrogens with one attached hydrogen (secondary N) is 1. The van der Waals surface area contributed by atoms with Crippen molar-refractivity contribution >= 4 is 11.9 Å². The molecule has 0 aliphatic heterocycles. The number of methoxy groups -OCH3 is 1. The molecule has 158 valence electrons. The summed E-state index contributed by atoms with van der Waals surface area (Å²) < 4.78 is 30.7. The number of carbonyl (C=O) groups is 2. The van der Waals surface area contributed by atoms with Crippen LogP contribution in [0.2, 0.25) is 0 Å². The second-order valence-corrected chi connectivity index (χ2v) is 5.35. The molecule has 9 nitrogen and oxygen atoms in total. The van der Waals surface area contributed by atoms with E-state index in [2.05, 4.69) is 10.1 Å². The molecule has 0 rings (SSSR count). The Hall–Kier alpha value is -1.52. The molecule has 0 aliphatic rings. The van der Waals surface area contributed by atoms with Crippen LogP contribution in [0.15, 0.2) is 12.2 Å². The standard InChI is InChI=1S/C18H33NO8/c1-16(19-2)18(21)27-8-5-4-7-23-10-12-25-14-15-26-13-11-24-9-6-17(20)22-3/h4-5,16,19H,6-15H2,1-3H3/b5-4+. The maximum Gasteiger partial charge on any atom is 0.323 e. The molecule has 0 aromatic heterocycles. The van der Waals surface area contributed by atoms with E-state index in [1.165, 1.54) is 7.11 Å². The Morgan fingerprint density at radius 2 is 1.37 bits per heavy atom. The van der Waals surface area contributed by atoms with Crippen molar-refractivity contribution in [1.29, 1.82) is 0 Å². The van der Waals surface area contributed by atoms with Crippen LogP contribution in [0, 0.1) is 0 Å². The summed E-state index contributed by atoms with van der Waals surface area (Å²) >= 11 is 0. The first kappa shape index (κ1) is 25.5. The van der Waals surface area contributed by atoms with E-state index in [9.17, 15) is 9.59 Å². The third kappa shape index (κ3) is 17.6. The number of ether oxygens (including phenoxy) is 6. The molecule has 1 unspecified atom stereocenters. The Morgan fingerprint density at radius 1 is 0.852 bits per heavy atom. The van der Waals surface area contributed by atoms with Gasteiger partial charge in [-0.2, -0.15) is 0 Å². The maximum absolute atomic E-state index is 11.4. The van der Waals surface area contributed by atoms with Crippen LogP contribution in [0.4, 0.5) is 0 Å². The maximum atomic E-state index is 11.4. The van der Waals surface area contributed by atoms with Crippen molar-refractivity contribution in [3.05, 3.63) is 12.2 Å². The summed E-state index contributed by atoms with van der Waals surface area (Å²) in [6.07, 6.45) is 3.78. The molecule has 0 heterocycles. The van der Waals surface area contributed by atoms with Gasteiger partial charge in [0.05, 0.1) is 66.4 Å². The molecule has 0 aromatic rings. The first-order valence-corrected chi connectivity index (χ1v) is 8.98. The van der Waals surface area contributed by atoms with Gasteiger partial charge in [0, 0.05) is 0 Å². The highest BCUT2D eigenvalue weighted by Crippen LogP contribution is 1.89. The minimum absolute atomic E-state index is 0.231. The normalized spacial score (nSPS) is 12.3. The van der Waals surface area contributed by atoms with Crippen molar-refractivity contribution in [2.75, 3.05) is 73.6 Å². The lowest BCUT2D eigenvalue weighted by Gasteiger charge is -2.08. The van der Waals surface area contributed by atoms with Crippen molar-refractivity contribution in [3.63, 3.8) is 0 Å². The van der Waals surface area contributed by atoms with E-state index in [1.807, 2.05) is 0 Å². The number of hydrogen-bond donors (Lipinski definition) is 1. The fourth-order valence-electron chi connectivity index (χ4n) is 1.58. The lowest BCUT2D eigenvalue weighted by atomic mass is 10.3. The van der Waals surface area contributed by atoms with Gasteiger partial charge in [-0.15, -0.1) is 0 Å². The Labute approximate surface area is 161 Å². The number of likely N-dealkylation sites (N-methyl/N-ethyl adjacent to an activating group) is 1. The molecule has 0 bridgehead atoms. The summed E-state index contributed by atoms with van der Waals surface area (Å²) in [5.41, 5.74) is 0. The summed E-state index contributed by atoms with van der Waals surface area (Å²) in [5, 5.41) is 2.81. The smallest absolute Gasteiger partial charge is 0.323 e. The van der Waals surface area contributed by atoms with Gasteiger partial charge in [0.15, 0.2) is 0 Å². The predicted octanol–water partition coefficient (Wildman–Crippen LogP) is 0.323. The summed E-state index contributed by atoms with van der Waals surface area (Å²) in [7, 11) is 3.05. The molecule has 1 N–H and O–H groups in total. The highest BCUT2D eigenvalue weighted by molar-refractivity contribution is 5.75. The van der Waals surface area contributed by atoms with Crippen LogP contribution < -0.4 is 5.32 Å². The summed E-state index contributed by atoms with van der Waals surface area (Å²) in [6.45, 7) is 5.49. The second kappa shape index (κ2) is 19.2. The molecule has 0 saturated carbocycles. The monoisotopic (exact) mass is 391 g/mol. The van der Waals surface area contributed by atoms with E-state index in [0.29, 0.717) is 52.9 Å². The molecule has 0 spiro atoms. The van der Waals surface area contributed by atoms with Crippen LogP contribution in [0.5, 0.6) is 0 Å². The molecule has 0 aliphatic carbocycles. The third-order valence-corrected chi connectivity index (χ3v) is 3.28. The zero-order valence-corrected chi connectivity index (χ0v) is 16.6. The van der Waals surface area contributed by atoms with Gasteiger partial charge >= 0.3 is 11.9 Å². The molecule has 27 heavy (non-hydrogen) atoms. The van der Waals surface area contributed by atoms with E-state index < -0.39 is 0 Å². The van der Waals surface area contributed by atoms with Crippen molar-refractivity contribution < 1.29 is 38.0 Å². The molecule has 0 aromatic carbocycles. The summed E-state index contributed by atoms with van der Waals surface area (Å²) in [5.74, 6) is -0.573. The van der Waals surface area contributed by atoms with E-state index in [1.54, 1.807) is 26.1 Å². The molecular weight excluding hydrogens is 358 g/mol. The molecule has 9 heteroatoms. The Kier molecular flexibility index (Phi) is 18.2. The highest BCUT2D eigenvalue weighted by atomic mass is 16.6.